The molecule has 3 aromatic rings. The minimum atomic E-state index is -0.916. The zero-order valence-corrected chi connectivity index (χ0v) is 19.1. The maximum absolute atomic E-state index is 13.1. The van der Waals surface area contributed by atoms with Gasteiger partial charge < -0.3 is 15.3 Å². The van der Waals surface area contributed by atoms with E-state index < -0.39 is 11.9 Å². The molecule has 1 aliphatic heterocycles. The van der Waals surface area contributed by atoms with Gasteiger partial charge in [-0.1, -0.05) is 48.0 Å². The van der Waals surface area contributed by atoms with Crippen molar-refractivity contribution in [1.29, 1.82) is 0 Å². The lowest BCUT2D eigenvalue weighted by atomic mass is 9.89. The van der Waals surface area contributed by atoms with Crippen LogP contribution in [0.3, 0.4) is 0 Å². The number of halogens is 1. The van der Waals surface area contributed by atoms with Crippen molar-refractivity contribution in [3.8, 4) is 0 Å². The second kappa shape index (κ2) is 9.57. The lowest BCUT2D eigenvalue weighted by molar-refractivity contribution is -0.136. The van der Waals surface area contributed by atoms with Crippen LogP contribution in [0.4, 0.5) is 11.4 Å². The average molecular weight is 462 g/mol. The number of rotatable bonds is 7. The number of hydrogen-bond donors (Lipinski definition) is 2. The van der Waals surface area contributed by atoms with Gasteiger partial charge in [-0.05, 0) is 66.7 Å². The third-order valence-corrected chi connectivity index (χ3v) is 5.59. The predicted molar refractivity (Wildman–Crippen MR) is 131 cm³/mol. The van der Waals surface area contributed by atoms with E-state index in [1.54, 1.807) is 30.3 Å². The van der Waals surface area contributed by atoms with Gasteiger partial charge in [0.2, 0.25) is 5.91 Å². The number of benzene rings is 3. The Balaban J connectivity index is 1.85. The Kier molecular flexibility index (Phi) is 6.58. The Morgan fingerprint density at radius 1 is 1.06 bits per heavy atom. The fraction of sp³-hybridized carbons (Fsp3) is 0.192. The van der Waals surface area contributed by atoms with Crippen LogP contribution in [0.2, 0.25) is 5.02 Å². The Morgan fingerprint density at radius 2 is 1.82 bits per heavy atom. The van der Waals surface area contributed by atoms with Crippen LogP contribution in [-0.4, -0.2) is 41.7 Å². The van der Waals surface area contributed by atoms with Gasteiger partial charge in [0.25, 0.3) is 0 Å². The Labute approximate surface area is 197 Å². The number of amides is 1. The standard InChI is InChI=1S/C26H24ClN3O3/c1-30(2)15-17-6-4-8-20(12-17)28-25(18-7-3-5-16(11-18)13-23(31)32)24-21-10-9-19(27)14-22(21)29-26(24)33/h3-12,14,24H,13,15H2,1-2H3,(H,29,33)(H,31,32). The van der Waals surface area contributed by atoms with Gasteiger partial charge in [0, 0.05) is 17.3 Å². The number of fused-ring (bicyclic) bond motifs is 1. The van der Waals surface area contributed by atoms with Gasteiger partial charge in [-0.2, -0.15) is 0 Å². The molecule has 1 heterocycles. The highest BCUT2D eigenvalue weighted by atomic mass is 35.5. The second-order valence-electron chi connectivity index (χ2n) is 8.33. The predicted octanol–water partition coefficient (Wildman–Crippen LogP) is 4.89. The molecule has 1 amide bonds. The molecule has 33 heavy (non-hydrogen) atoms. The fourth-order valence-electron chi connectivity index (χ4n) is 4.05. The molecule has 7 heteroatoms. The third-order valence-electron chi connectivity index (χ3n) is 5.36. The quantitative estimate of drug-likeness (QED) is 0.491. The monoisotopic (exact) mass is 461 g/mol. The first-order valence-corrected chi connectivity index (χ1v) is 10.9. The van der Waals surface area contributed by atoms with E-state index in [1.165, 1.54) is 0 Å². The van der Waals surface area contributed by atoms with Gasteiger partial charge in [0.1, 0.15) is 5.92 Å². The molecule has 1 aliphatic rings. The van der Waals surface area contributed by atoms with E-state index in [1.807, 2.05) is 50.5 Å². The summed E-state index contributed by atoms with van der Waals surface area (Å²) < 4.78 is 0. The van der Waals surface area contributed by atoms with Crippen LogP contribution in [0.5, 0.6) is 0 Å². The largest absolute Gasteiger partial charge is 0.481 e. The summed E-state index contributed by atoms with van der Waals surface area (Å²) in [6.07, 6.45) is -0.109. The Hall–Kier alpha value is -3.48. The van der Waals surface area contributed by atoms with Crippen molar-refractivity contribution in [2.45, 2.75) is 18.9 Å². The van der Waals surface area contributed by atoms with Crippen LogP contribution in [0.15, 0.2) is 71.7 Å². The van der Waals surface area contributed by atoms with Crippen LogP contribution in [-0.2, 0) is 22.6 Å². The van der Waals surface area contributed by atoms with Crippen LogP contribution >= 0.6 is 11.6 Å². The van der Waals surface area contributed by atoms with Crippen molar-refractivity contribution < 1.29 is 14.7 Å². The van der Waals surface area contributed by atoms with E-state index in [0.29, 0.717) is 27.5 Å². The SMILES string of the molecule is CN(C)Cc1cccc(N=C(c2cccc(CC(=O)O)c2)C2C(=O)Nc3cc(Cl)ccc32)c1. The minimum absolute atomic E-state index is 0.109. The van der Waals surface area contributed by atoms with Crippen LogP contribution in [0, 0.1) is 0 Å². The van der Waals surface area contributed by atoms with Crippen molar-refractivity contribution >= 4 is 40.6 Å². The number of nitrogens with one attached hydrogen (secondary N) is 1. The van der Waals surface area contributed by atoms with Crippen molar-refractivity contribution in [3.05, 3.63) is 94.0 Å². The van der Waals surface area contributed by atoms with E-state index >= 15 is 0 Å². The summed E-state index contributed by atoms with van der Waals surface area (Å²) in [4.78, 5) is 31.3. The van der Waals surface area contributed by atoms with Gasteiger partial charge in [0.15, 0.2) is 0 Å². The molecule has 0 spiro atoms. The highest BCUT2D eigenvalue weighted by Gasteiger charge is 2.35. The number of carbonyl (C=O) groups excluding carboxylic acids is 1. The van der Waals surface area contributed by atoms with Gasteiger partial charge in [0.05, 0.1) is 17.8 Å². The number of hydrogen-bond acceptors (Lipinski definition) is 4. The summed E-state index contributed by atoms with van der Waals surface area (Å²) in [7, 11) is 4.00. The van der Waals surface area contributed by atoms with Gasteiger partial charge >= 0.3 is 5.97 Å². The van der Waals surface area contributed by atoms with Crippen molar-refractivity contribution in [3.63, 3.8) is 0 Å². The highest BCUT2D eigenvalue weighted by molar-refractivity contribution is 6.31. The topological polar surface area (TPSA) is 82.0 Å². The average Bonchev–Trinajstić information content (AvgIpc) is 3.06. The van der Waals surface area contributed by atoms with Crippen LogP contribution < -0.4 is 5.32 Å². The number of aliphatic carboxylic acids is 1. The zero-order valence-electron chi connectivity index (χ0n) is 18.4. The number of carbonyl (C=O) groups is 2. The lowest BCUT2D eigenvalue weighted by Gasteiger charge is -2.15. The van der Waals surface area contributed by atoms with E-state index in [0.717, 1.165) is 23.4 Å². The molecule has 0 radical (unpaired) electrons. The molecule has 4 rings (SSSR count). The molecule has 1 atom stereocenters. The number of aliphatic imine (C=N–C) groups is 1. The molecule has 0 aromatic heterocycles. The molecule has 0 saturated heterocycles. The number of carboxylic acid groups (broad SMARTS) is 1. The Morgan fingerprint density at radius 3 is 2.58 bits per heavy atom. The minimum Gasteiger partial charge on any atom is -0.481 e. The summed E-state index contributed by atoms with van der Waals surface area (Å²) in [5.74, 6) is -1.76. The van der Waals surface area contributed by atoms with Gasteiger partial charge in [-0.15, -0.1) is 0 Å². The summed E-state index contributed by atoms with van der Waals surface area (Å²) >= 11 is 6.13. The van der Waals surface area contributed by atoms with E-state index in [4.69, 9.17) is 16.6 Å². The smallest absolute Gasteiger partial charge is 0.307 e. The first-order chi connectivity index (χ1) is 15.8. The molecular weight excluding hydrogens is 438 g/mol. The van der Waals surface area contributed by atoms with E-state index in [-0.39, 0.29) is 12.3 Å². The molecule has 3 aromatic carbocycles. The fourth-order valence-corrected chi connectivity index (χ4v) is 4.22. The van der Waals surface area contributed by atoms with Gasteiger partial charge in [-0.25, -0.2) is 0 Å². The summed E-state index contributed by atoms with van der Waals surface area (Å²) in [6, 6.07) is 20.4. The lowest BCUT2D eigenvalue weighted by Crippen LogP contribution is -2.22. The first kappa shape index (κ1) is 22.7. The van der Waals surface area contributed by atoms with E-state index in [2.05, 4.69) is 10.2 Å². The molecule has 6 nitrogen and oxygen atoms in total. The maximum atomic E-state index is 13.1. The highest BCUT2D eigenvalue weighted by Crippen LogP contribution is 2.38. The summed E-state index contributed by atoms with van der Waals surface area (Å²) in [5.41, 5.74) is 5.18. The zero-order chi connectivity index (χ0) is 23.5. The van der Waals surface area contributed by atoms with Gasteiger partial charge in [-0.3, -0.25) is 14.6 Å². The van der Waals surface area contributed by atoms with Crippen molar-refractivity contribution in [2.75, 3.05) is 19.4 Å². The van der Waals surface area contributed by atoms with Crippen LogP contribution in [0.25, 0.3) is 0 Å². The van der Waals surface area contributed by atoms with Crippen molar-refractivity contribution in [2.24, 2.45) is 4.99 Å². The summed E-state index contributed by atoms with van der Waals surface area (Å²) in [6.45, 7) is 0.762. The molecule has 168 valence electrons. The molecule has 0 bridgehead atoms. The first-order valence-electron chi connectivity index (χ1n) is 10.5. The molecule has 0 saturated carbocycles. The molecule has 0 aliphatic carbocycles. The molecule has 0 fully saturated rings. The normalized spacial score (nSPS) is 15.5. The molecule has 1 unspecified atom stereocenters. The summed E-state index contributed by atoms with van der Waals surface area (Å²) in [5, 5.41) is 12.7. The molecular formula is C26H24ClN3O3. The third kappa shape index (κ3) is 5.30. The van der Waals surface area contributed by atoms with E-state index in [9.17, 15) is 14.7 Å². The van der Waals surface area contributed by atoms with Crippen molar-refractivity contribution in [1.82, 2.24) is 4.90 Å². The van der Waals surface area contributed by atoms with Crippen LogP contribution in [0.1, 0.15) is 28.2 Å². The number of carboxylic acids is 1. The second-order valence-corrected chi connectivity index (χ2v) is 8.77. The number of nitrogens with zero attached hydrogens (tertiary/aromatic N) is 2. The maximum Gasteiger partial charge on any atom is 0.307 e. The Bertz CT molecular complexity index is 1250. The molecule has 2 N–H and O–H groups in total. The number of anilines is 1.